The van der Waals surface area contributed by atoms with E-state index in [9.17, 15) is 9.59 Å². The van der Waals surface area contributed by atoms with Crippen molar-refractivity contribution in [2.75, 3.05) is 20.8 Å². The van der Waals surface area contributed by atoms with E-state index in [1.54, 1.807) is 18.2 Å². The zero-order chi connectivity index (χ0) is 15.1. The van der Waals surface area contributed by atoms with Gasteiger partial charge in [0, 0.05) is 0 Å². The Morgan fingerprint density at radius 2 is 1.90 bits per heavy atom. The van der Waals surface area contributed by atoms with Crippen molar-refractivity contribution in [2.45, 2.75) is 12.5 Å². The summed E-state index contributed by atoms with van der Waals surface area (Å²) in [6.45, 7) is -0.332. The number of ether oxygens (including phenoxy) is 2. The quantitative estimate of drug-likeness (QED) is 0.640. The van der Waals surface area contributed by atoms with E-state index in [0.29, 0.717) is 17.1 Å². The van der Waals surface area contributed by atoms with Crippen molar-refractivity contribution in [3.63, 3.8) is 0 Å². The molecule has 0 bridgehead atoms. The van der Waals surface area contributed by atoms with E-state index >= 15 is 0 Å². The third-order valence-electron chi connectivity index (χ3n) is 2.59. The molecule has 0 heterocycles. The summed E-state index contributed by atoms with van der Waals surface area (Å²) >= 11 is 0. The van der Waals surface area contributed by atoms with Crippen molar-refractivity contribution < 1.29 is 29.3 Å². The van der Waals surface area contributed by atoms with Crippen LogP contribution in [-0.2, 0) is 16.0 Å². The van der Waals surface area contributed by atoms with Gasteiger partial charge in [0.15, 0.2) is 17.6 Å². The van der Waals surface area contributed by atoms with E-state index in [4.69, 9.17) is 19.7 Å². The van der Waals surface area contributed by atoms with Crippen LogP contribution in [0.3, 0.4) is 0 Å². The number of aliphatic hydroxyl groups excluding tert-OH is 1. The van der Waals surface area contributed by atoms with Crippen LogP contribution in [0.2, 0.25) is 0 Å². The lowest BCUT2D eigenvalue weighted by Gasteiger charge is -2.10. The summed E-state index contributed by atoms with van der Waals surface area (Å²) in [6.07, 6.45) is -1.56. The highest BCUT2D eigenvalue weighted by molar-refractivity contribution is 5.80. The maximum absolute atomic E-state index is 11.6. The van der Waals surface area contributed by atoms with Crippen molar-refractivity contribution in [3.8, 4) is 11.5 Å². The summed E-state index contributed by atoms with van der Waals surface area (Å²) in [6, 6.07) is 5.04. The van der Waals surface area contributed by atoms with Gasteiger partial charge < -0.3 is 25.0 Å². The molecule has 0 saturated carbocycles. The number of carboxylic acid groups (broad SMARTS) is 1. The number of aliphatic hydroxyl groups is 1. The summed E-state index contributed by atoms with van der Waals surface area (Å²) in [5, 5.41) is 19.9. The van der Waals surface area contributed by atoms with E-state index in [2.05, 4.69) is 5.32 Å². The number of carbonyl (C=O) groups excluding carboxylic acids is 1. The molecule has 0 aliphatic carbocycles. The molecule has 7 nitrogen and oxygen atoms in total. The smallest absolute Gasteiger partial charge is 0.334 e. The molecule has 3 N–H and O–H groups in total. The number of benzene rings is 1. The standard InChI is InChI=1S/C13H17NO6/c1-19-10-4-3-8(5-11(10)20-2)6-12(16)14-7-9(15)13(17)18/h3-5,9,15H,6-7H2,1-2H3,(H,14,16)(H,17,18). The van der Waals surface area contributed by atoms with Crippen LogP contribution in [-0.4, -0.2) is 49.0 Å². The van der Waals surface area contributed by atoms with E-state index in [1.165, 1.54) is 14.2 Å². The number of hydrogen-bond acceptors (Lipinski definition) is 5. The monoisotopic (exact) mass is 283 g/mol. The number of aliphatic carboxylic acids is 1. The van der Waals surface area contributed by atoms with Crippen LogP contribution in [0.1, 0.15) is 5.56 Å². The van der Waals surface area contributed by atoms with Crippen LogP contribution >= 0.6 is 0 Å². The molecule has 7 heteroatoms. The summed E-state index contributed by atoms with van der Waals surface area (Å²) in [5.41, 5.74) is 0.685. The van der Waals surface area contributed by atoms with Crippen molar-refractivity contribution in [1.82, 2.24) is 5.32 Å². The van der Waals surface area contributed by atoms with Gasteiger partial charge in [-0.3, -0.25) is 4.79 Å². The average molecular weight is 283 g/mol. The molecule has 0 fully saturated rings. The molecule has 0 aromatic heterocycles. The summed E-state index contributed by atoms with van der Waals surface area (Å²) < 4.78 is 10.2. The topological polar surface area (TPSA) is 105 Å². The lowest BCUT2D eigenvalue weighted by molar-refractivity contribution is -0.146. The molecule has 0 aliphatic rings. The second kappa shape index (κ2) is 7.34. The molecule has 110 valence electrons. The fourth-order valence-corrected chi connectivity index (χ4v) is 1.54. The lowest BCUT2D eigenvalue weighted by Crippen LogP contribution is -2.37. The maximum atomic E-state index is 11.6. The van der Waals surface area contributed by atoms with Gasteiger partial charge in [-0.05, 0) is 17.7 Å². The Labute approximate surface area is 116 Å². The maximum Gasteiger partial charge on any atom is 0.334 e. The van der Waals surface area contributed by atoms with E-state index in [1.807, 2.05) is 0 Å². The number of carbonyl (C=O) groups is 2. The molecule has 0 radical (unpaired) electrons. The number of nitrogens with one attached hydrogen (secondary N) is 1. The van der Waals surface area contributed by atoms with E-state index < -0.39 is 18.0 Å². The Kier molecular flexibility index (Phi) is 5.79. The molecular formula is C13H17NO6. The van der Waals surface area contributed by atoms with Gasteiger partial charge in [0.25, 0.3) is 0 Å². The third-order valence-corrected chi connectivity index (χ3v) is 2.59. The van der Waals surface area contributed by atoms with Gasteiger partial charge in [0.2, 0.25) is 5.91 Å². The Morgan fingerprint density at radius 3 is 2.45 bits per heavy atom. The molecule has 0 aliphatic heterocycles. The fraction of sp³-hybridized carbons (Fsp3) is 0.385. The SMILES string of the molecule is COc1ccc(CC(=O)NCC(O)C(=O)O)cc1OC. The second-order valence-corrected chi connectivity index (χ2v) is 4.02. The molecule has 1 unspecified atom stereocenters. The van der Waals surface area contributed by atoms with Crippen molar-refractivity contribution in [3.05, 3.63) is 23.8 Å². The number of amides is 1. The van der Waals surface area contributed by atoms with Gasteiger partial charge in [-0.25, -0.2) is 4.79 Å². The van der Waals surface area contributed by atoms with E-state index in [-0.39, 0.29) is 13.0 Å². The van der Waals surface area contributed by atoms with Gasteiger partial charge in [-0.15, -0.1) is 0 Å². The van der Waals surface area contributed by atoms with Crippen LogP contribution in [0.4, 0.5) is 0 Å². The first-order valence-corrected chi connectivity index (χ1v) is 5.86. The molecule has 1 rings (SSSR count). The summed E-state index contributed by atoms with van der Waals surface area (Å²) in [4.78, 5) is 22.0. The third kappa shape index (κ3) is 4.43. The van der Waals surface area contributed by atoms with Crippen LogP contribution in [0, 0.1) is 0 Å². The first-order valence-electron chi connectivity index (χ1n) is 5.86. The minimum absolute atomic E-state index is 0.0483. The second-order valence-electron chi connectivity index (χ2n) is 4.02. The largest absolute Gasteiger partial charge is 0.493 e. The summed E-state index contributed by atoms with van der Waals surface area (Å²) in [5.74, 6) is -0.713. The highest BCUT2D eigenvalue weighted by atomic mass is 16.5. The number of hydrogen-bond donors (Lipinski definition) is 3. The highest BCUT2D eigenvalue weighted by Crippen LogP contribution is 2.27. The number of methoxy groups -OCH3 is 2. The Morgan fingerprint density at radius 1 is 1.25 bits per heavy atom. The minimum Gasteiger partial charge on any atom is -0.493 e. The molecule has 1 aromatic rings. The lowest BCUT2D eigenvalue weighted by atomic mass is 10.1. The molecule has 1 amide bonds. The normalized spacial score (nSPS) is 11.6. The van der Waals surface area contributed by atoms with Crippen molar-refractivity contribution >= 4 is 11.9 Å². The van der Waals surface area contributed by atoms with Gasteiger partial charge in [0.05, 0.1) is 27.2 Å². The molecular weight excluding hydrogens is 266 g/mol. The fourth-order valence-electron chi connectivity index (χ4n) is 1.54. The van der Waals surface area contributed by atoms with Crippen LogP contribution in [0.5, 0.6) is 11.5 Å². The zero-order valence-electron chi connectivity index (χ0n) is 11.3. The molecule has 1 atom stereocenters. The first kappa shape index (κ1) is 15.8. The van der Waals surface area contributed by atoms with Gasteiger partial charge in [0.1, 0.15) is 0 Å². The zero-order valence-corrected chi connectivity index (χ0v) is 11.3. The van der Waals surface area contributed by atoms with Crippen LogP contribution < -0.4 is 14.8 Å². The predicted molar refractivity (Wildman–Crippen MR) is 69.9 cm³/mol. The van der Waals surface area contributed by atoms with E-state index in [0.717, 1.165) is 0 Å². The Bertz CT molecular complexity index is 488. The molecule has 20 heavy (non-hydrogen) atoms. The minimum atomic E-state index is -1.61. The highest BCUT2D eigenvalue weighted by Gasteiger charge is 2.14. The van der Waals surface area contributed by atoms with Gasteiger partial charge >= 0.3 is 5.97 Å². The summed E-state index contributed by atoms with van der Waals surface area (Å²) in [7, 11) is 3.00. The van der Waals surface area contributed by atoms with Crippen molar-refractivity contribution in [2.24, 2.45) is 0 Å². The molecule has 0 saturated heterocycles. The predicted octanol–water partition coefficient (Wildman–Crippen LogP) is -0.192. The van der Waals surface area contributed by atoms with Crippen molar-refractivity contribution in [1.29, 1.82) is 0 Å². The Hall–Kier alpha value is -2.28. The number of rotatable bonds is 7. The van der Waals surface area contributed by atoms with Gasteiger partial charge in [-0.2, -0.15) is 0 Å². The van der Waals surface area contributed by atoms with Gasteiger partial charge in [-0.1, -0.05) is 6.07 Å². The average Bonchev–Trinajstić information content (AvgIpc) is 2.44. The molecule has 1 aromatic carbocycles. The Balaban J connectivity index is 2.60. The first-order chi connectivity index (χ1) is 9.47. The number of carboxylic acids is 1. The van der Waals surface area contributed by atoms with Crippen LogP contribution in [0.25, 0.3) is 0 Å². The van der Waals surface area contributed by atoms with Crippen LogP contribution in [0.15, 0.2) is 18.2 Å². The molecule has 0 spiro atoms.